The topological polar surface area (TPSA) is 48.5 Å². The Balaban J connectivity index is 2.67. The van der Waals surface area contributed by atoms with E-state index < -0.39 is 0 Å². The highest BCUT2D eigenvalue weighted by atomic mass is 15.2. The van der Waals surface area contributed by atoms with Gasteiger partial charge in [0.2, 0.25) is 0 Å². The molecular formula is C4H3N3. The van der Waals surface area contributed by atoms with Crippen molar-refractivity contribution in [2.75, 3.05) is 0 Å². The van der Waals surface area contributed by atoms with Crippen LogP contribution in [0.2, 0.25) is 0 Å². The summed E-state index contributed by atoms with van der Waals surface area (Å²) in [7, 11) is 0. The third-order valence-corrected chi connectivity index (χ3v) is 0.674. The Labute approximate surface area is 41.0 Å². The second-order valence-electron chi connectivity index (χ2n) is 1.16. The molecule has 0 atom stereocenters. The van der Waals surface area contributed by atoms with Gasteiger partial charge in [-0.05, 0) is 0 Å². The lowest BCUT2D eigenvalue weighted by atomic mass is 10.3. The van der Waals surface area contributed by atoms with Crippen LogP contribution in [-0.2, 0) is 0 Å². The minimum Gasteiger partial charge on any atom is -0.191 e. The Morgan fingerprint density at radius 2 is 2.71 bits per heavy atom. The van der Waals surface area contributed by atoms with Crippen LogP contribution in [0.15, 0.2) is 10.2 Å². The van der Waals surface area contributed by atoms with Crippen LogP contribution in [0.4, 0.5) is 0 Å². The van der Waals surface area contributed by atoms with Gasteiger partial charge in [0, 0.05) is 12.6 Å². The lowest BCUT2D eigenvalue weighted by Gasteiger charge is -1.69. The van der Waals surface area contributed by atoms with E-state index in [1.165, 1.54) is 0 Å². The first-order chi connectivity index (χ1) is 3.43. The molecule has 0 unspecified atom stereocenters. The summed E-state index contributed by atoms with van der Waals surface area (Å²) in [5, 5.41) is 15.1. The zero-order valence-electron chi connectivity index (χ0n) is 3.63. The van der Waals surface area contributed by atoms with E-state index in [-0.39, 0.29) is 0 Å². The molecule has 0 spiro atoms. The van der Waals surface area contributed by atoms with Crippen molar-refractivity contribution in [2.24, 2.45) is 10.2 Å². The fraction of sp³-hybridized carbons (Fsp3) is 0.250. The maximum atomic E-state index is 8.11. The highest BCUT2D eigenvalue weighted by Crippen LogP contribution is 1.90. The summed E-state index contributed by atoms with van der Waals surface area (Å²) in [5.74, 6) is 0. The molecule has 0 aromatic carbocycles. The standard InChI is InChI=1S/C4H3N3/c5-3-4-1-2-6-7-4/h2H,1H2. The Kier molecular flexibility index (Phi) is 0.868. The fourth-order valence-electron chi connectivity index (χ4n) is 0.347. The predicted octanol–water partition coefficient (Wildman–Crippen LogP) is 0.340. The summed E-state index contributed by atoms with van der Waals surface area (Å²) in [4.78, 5) is 0. The molecule has 0 saturated carbocycles. The van der Waals surface area contributed by atoms with Crippen molar-refractivity contribution in [1.29, 1.82) is 5.26 Å². The van der Waals surface area contributed by atoms with E-state index in [2.05, 4.69) is 10.2 Å². The molecule has 1 rings (SSSR count). The predicted molar refractivity (Wildman–Crippen MR) is 26.2 cm³/mol. The van der Waals surface area contributed by atoms with Crippen molar-refractivity contribution >= 4 is 11.9 Å². The normalized spacial score (nSPS) is 16.1. The third-order valence-electron chi connectivity index (χ3n) is 0.674. The molecule has 3 heteroatoms. The maximum absolute atomic E-state index is 8.11. The van der Waals surface area contributed by atoms with Gasteiger partial charge >= 0.3 is 0 Å². The number of hydrogen-bond donors (Lipinski definition) is 0. The van der Waals surface area contributed by atoms with E-state index in [4.69, 9.17) is 5.26 Å². The maximum Gasteiger partial charge on any atom is 0.145 e. The van der Waals surface area contributed by atoms with Crippen LogP contribution >= 0.6 is 0 Å². The van der Waals surface area contributed by atoms with Gasteiger partial charge in [0.15, 0.2) is 0 Å². The van der Waals surface area contributed by atoms with Crippen LogP contribution in [0, 0.1) is 11.3 Å². The Morgan fingerprint density at radius 1 is 1.86 bits per heavy atom. The lowest BCUT2D eigenvalue weighted by Crippen LogP contribution is -1.85. The lowest BCUT2D eigenvalue weighted by molar-refractivity contribution is 1.28. The molecule has 0 aromatic heterocycles. The van der Waals surface area contributed by atoms with Gasteiger partial charge in [-0.15, -0.1) is 5.10 Å². The molecule has 1 heterocycles. The Morgan fingerprint density at radius 3 is 3.00 bits per heavy atom. The highest BCUT2D eigenvalue weighted by Gasteiger charge is 1.96. The molecule has 7 heavy (non-hydrogen) atoms. The highest BCUT2D eigenvalue weighted by molar-refractivity contribution is 6.07. The van der Waals surface area contributed by atoms with E-state index in [1.54, 1.807) is 6.21 Å². The molecule has 0 aromatic rings. The van der Waals surface area contributed by atoms with Crippen molar-refractivity contribution in [2.45, 2.75) is 6.42 Å². The monoisotopic (exact) mass is 93.0 g/mol. The van der Waals surface area contributed by atoms with Gasteiger partial charge in [0.25, 0.3) is 0 Å². The van der Waals surface area contributed by atoms with Gasteiger partial charge in [-0.2, -0.15) is 10.4 Å². The van der Waals surface area contributed by atoms with Crippen LogP contribution in [0.1, 0.15) is 6.42 Å². The van der Waals surface area contributed by atoms with E-state index >= 15 is 0 Å². The second-order valence-corrected chi connectivity index (χ2v) is 1.16. The zero-order valence-corrected chi connectivity index (χ0v) is 3.63. The quantitative estimate of drug-likeness (QED) is 0.426. The first-order valence-corrected chi connectivity index (χ1v) is 1.92. The third kappa shape index (κ3) is 0.631. The summed E-state index contributed by atoms with van der Waals surface area (Å²) >= 11 is 0. The van der Waals surface area contributed by atoms with Gasteiger partial charge in [-0.25, -0.2) is 0 Å². The molecule has 0 aliphatic carbocycles. The summed E-state index contributed by atoms with van der Waals surface area (Å²) < 4.78 is 0. The van der Waals surface area contributed by atoms with E-state index in [0.717, 1.165) is 0 Å². The Bertz CT molecular complexity index is 160. The first kappa shape index (κ1) is 4.00. The number of rotatable bonds is 0. The largest absolute Gasteiger partial charge is 0.191 e. The van der Waals surface area contributed by atoms with Crippen molar-refractivity contribution < 1.29 is 0 Å². The molecule has 0 amide bonds. The van der Waals surface area contributed by atoms with Crippen molar-refractivity contribution in [3.8, 4) is 6.07 Å². The first-order valence-electron chi connectivity index (χ1n) is 1.92. The molecule has 0 fully saturated rings. The molecule has 0 radical (unpaired) electrons. The average Bonchev–Trinajstić information content (AvgIpc) is 2.14. The average molecular weight is 93.1 g/mol. The molecule has 0 bridgehead atoms. The van der Waals surface area contributed by atoms with Crippen LogP contribution in [0.25, 0.3) is 0 Å². The molecule has 1 aliphatic rings. The van der Waals surface area contributed by atoms with Crippen LogP contribution in [-0.4, -0.2) is 11.9 Å². The minimum atomic E-state index is 0.500. The van der Waals surface area contributed by atoms with Crippen LogP contribution in [0.5, 0.6) is 0 Å². The van der Waals surface area contributed by atoms with E-state index in [0.29, 0.717) is 12.1 Å². The molecular weight excluding hydrogens is 90.1 g/mol. The molecule has 0 N–H and O–H groups in total. The van der Waals surface area contributed by atoms with Gasteiger partial charge in [0.05, 0.1) is 0 Å². The van der Waals surface area contributed by atoms with Crippen molar-refractivity contribution in [3.63, 3.8) is 0 Å². The van der Waals surface area contributed by atoms with Gasteiger partial charge < -0.3 is 0 Å². The summed E-state index contributed by atoms with van der Waals surface area (Å²) in [6.07, 6.45) is 2.22. The molecule has 0 saturated heterocycles. The van der Waals surface area contributed by atoms with Gasteiger partial charge in [0.1, 0.15) is 11.8 Å². The number of nitrogens with zero attached hydrogens (tertiary/aromatic N) is 3. The SMILES string of the molecule is N#CC1=NN=CC1. The summed E-state index contributed by atoms with van der Waals surface area (Å²) in [6.45, 7) is 0. The zero-order chi connectivity index (χ0) is 5.11. The second kappa shape index (κ2) is 1.52. The minimum absolute atomic E-state index is 0.500. The van der Waals surface area contributed by atoms with E-state index in [1.807, 2.05) is 6.07 Å². The molecule has 34 valence electrons. The van der Waals surface area contributed by atoms with Crippen molar-refractivity contribution in [1.82, 2.24) is 0 Å². The van der Waals surface area contributed by atoms with Gasteiger partial charge in [-0.3, -0.25) is 0 Å². The number of nitriles is 1. The Hall–Kier alpha value is -1.17. The molecule has 1 aliphatic heterocycles. The van der Waals surface area contributed by atoms with Crippen LogP contribution in [0.3, 0.4) is 0 Å². The summed E-state index contributed by atoms with van der Waals surface area (Å²) in [6, 6.07) is 1.89. The van der Waals surface area contributed by atoms with Crippen LogP contribution < -0.4 is 0 Å². The van der Waals surface area contributed by atoms with Crippen molar-refractivity contribution in [3.05, 3.63) is 0 Å². The fourth-order valence-corrected chi connectivity index (χ4v) is 0.347. The molecule has 3 nitrogen and oxygen atoms in total. The van der Waals surface area contributed by atoms with Gasteiger partial charge in [-0.1, -0.05) is 0 Å². The smallest absolute Gasteiger partial charge is 0.145 e. The van der Waals surface area contributed by atoms with E-state index in [9.17, 15) is 0 Å². The number of hydrogen-bond acceptors (Lipinski definition) is 3. The summed E-state index contributed by atoms with van der Waals surface area (Å²) in [5.41, 5.74) is 0.500.